The van der Waals surface area contributed by atoms with Crippen LogP contribution in [0.25, 0.3) is 17.5 Å². The molecule has 0 saturated carbocycles. The number of benzene rings is 2. The summed E-state index contributed by atoms with van der Waals surface area (Å²) < 4.78 is 41.8. The minimum Gasteiger partial charge on any atom is -0.384 e. The number of halogens is 1. The van der Waals surface area contributed by atoms with Crippen LogP contribution < -0.4 is 5.32 Å². The molecule has 0 unspecified atom stereocenters. The van der Waals surface area contributed by atoms with Crippen LogP contribution in [0, 0.1) is 5.82 Å². The van der Waals surface area contributed by atoms with Crippen LogP contribution in [0.1, 0.15) is 18.7 Å². The molecule has 0 bridgehead atoms. The van der Waals surface area contributed by atoms with Crippen LogP contribution in [0.15, 0.2) is 63.5 Å². The van der Waals surface area contributed by atoms with E-state index in [0.29, 0.717) is 17.3 Å². The third-order valence-electron chi connectivity index (χ3n) is 5.39. The number of anilines is 1. The fourth-order valence-electron chi connectivity index (χ4n) is 3.60. The molecular formula is C23H25FN4O3S. The van der Waals surface area contributed by atoms with Gasteiger partial charge in [-0.1, -0.05) is 16.8 Å². The molecule has 2 heterocycles. The number of piperidine rings is 1. The zero-order valence-electron chi connectivity index (χ0n) is 17.8. The first-order valence-electron chi connectivity index (χ1n) is 10.4. The zero-order chi connectivity index (χ0) is 22.6. The number of nitrogens with one attached hydrogen (secondary N) is 1. The topological polar surface area (TPSA) is 88.3 Å². The second-order valence-corrected chi connectivity index (χ2v) is 9.85. The lowest BCUT2D eigenvalue weighted by Crippen LogP contribution is -2.34. The van der Waals surface area contributed by atoms with E-state index in [1.807, 2.05) is 12.1 Å². The van der Waals surface area contributed by atoms with E-state index in [1.54, 1.807) is 18.2 Å². The molecule has 1 fully saturated rings. The van der Waals surface area contributed by atoms with Gasteiger partial charge < -0.3 is 14.7 Å². The molecule has 0 spiro atoms. The number of hydrogen-bond acceptors (Lipinski definition) is 7. The smallest absolute Gasteiger partial charge is 0.250 e. The van der Waals surface area contributed by atoms with Crippen molar-refractivity contribution in [3.63, 3.8) is 0 Å². The predicted molar refractivity (Wildman–Crippen MR) is 121 cm³/mol. The van der Waals surface area contributed by atoms with E-state index >= 15 is 0 Å². The largest absolute Gasteiger partial charge is 0.384 e. The summed E-state index contributed by atoms with van der Waals surface area (Å²) >= 11 is 0. The van der Waals surface area contributed by atoms with Crippen molar-refractivity contribution >= 4 is 21.6 Å². The molecule has 1 aromatic heterocycles. The van der Waals surface area contributed by atoms with Gasteiger partial charge in [-0.15, -0.1) is 0 Å². The summed E-state index contributed by atoms with van der Waals surface area (Å²) in [5, 5.41) is 7.26. The highest BCUT2D eigenvalue weighted by atomic mass is 32.2. The molecule has 1 aliphatic rings. The Hall–Kier alpha value is -3.04. The average molecular weight is 457 g/mol. The quantitative estimate of drug-likeness (QED) is 0.577. The van der Waals surface area contributed by atoms with Crippen LogP contribution in [-0.4, -0.2) is 55.9 Å². The minimum absolute atomic E-state index is 0.238. The van der Waals surface area contributed by atoms with Gasteiger partial charge in [-0.05, 0) is 55.3 Å². The van der Waals surface area contributed by atoms with Gasteiger partial charge in [0.1, 0.15) is 5.82 Å². The molecular weight excluding hydrogens is 431 g/mol. The van der Waals surface area contributed by atoms with Crippen molar-refractivity contribution in [2.45, 2.75) is 17.7 Å². The van der Waals surface area contributed by atoms with Crippen molar-refractivity contribution in [3.8, 4) is 11.4 Å². The number of rotatable bonds is 7. The van der Waals surface area contributed by atoms with E-state index in [1.165, 1.54) is 36.1 Å². The van der Waals surface area contributed by atoms with E-state index in [0.717, 1.165) is 44.7 Å². The lowest BCUT2D eigenvalue weighted by atomic mass is 10.0. The molecule has 0 amide bonds. The molecule has 1 N–H and O–H groups in total. The fraction of sp³-hybridized carbons (Fsp3) is 0.304. The predicted octanol–water partition coefficient (Wildman–Crippen LogP) is 3.87. The molecule has 4 rings (SSSR count). The molecule has 0 atom stereocenters. The van der Waals surface area contributed by atoms with Gasteiger partial charge in [0.05, 0.1) is 4.90 Å². The van der Waals surface area contributed by atoms with Crippen LogP contribution in [-0.2, 0) is 9.84 Å². The van der Waals surface area contributed by atoms with Gasteiger partial charge in [-0.3, -0.25) is 0 Å². The SMILES string of the molecule is CS(=O)(=O)c1ccc(-c2noc(C=C3CCN(CCNc4cccc(F)c4)CC3)n2)cc1. The molecule has 3 aromatic rings. The first-order valence-corrected chi connectivity index (χ1v) is 12.3. The van der Waals surface area contributed by atoms with Gasteiger partial charge in [0.25, 0.3) is 5.89 Å². The Morgan fingerprint density at radius 3 is 2.59 bits per heavy atom. The molecule has 0 radical (unpaired) electrons. The highest BCUT2D eigenvalue weighted by Crippen LogP contribution is 2.22. The van der Waals surface area contributed by atoms with Crippen molar-refractivity contribution in [1.82, 2.24) is 15.0 Å². The highest BCUT2D eigenvalue weighted by molar-refractivity contribution is 7.90. The Kier molecular flexibility index (Phi) is 6.66. The molecule has 9 heteroatoms. The second kappa shape index (κ2) is 9.62. The Labute approximate surface area is 186 Å². The average Bonchev–Trinajstić information content (AvgIpc) is 3.23. The fourth-order valence-corrected chi connectivity index (χ4v) is 4.23. The standard InChI is InChI=1S/C23H25FN4O3S/c1-32(29,30)21-7-5-18(6-8-21)23-26-22(31-27-23)15-17-9-12-28(13-10-17)14-11-25-20-4-2-3-19(24)16-20/h2-8,15-16,25H,9-14H2,1H3. The van der Waals surface area contributed by atoms with Crippen molar-refractivity contribution in [2.75, 3.05) is 37.8 Å². The number of sulfone groups is 1. The molecule has 2 aromatic carbocycles. The summed E-state index contributed by atoms with van der Waals surface area (Å²) in [5.41, 5.74) is 2.74. The van der Waals surface area contributed by atoms with Crippen LogP contribution in [0.4, 0.5) is 10.1 Å². The van der Waals surface area contributed by atoms with Crippen molar-refractivity contribution in [3.05, 3.63) is 65.8 Å². The Morgan fingerprint density at radius 1 is 1.16 bits per heavy atom. The highest BCUT2D eigenvalue weighted by Gasteiger charge is 2.15. The third kappa shape index (κ3) is 5.80. The van der Waals surface area contributed by atoms with Crippen LogP contribution in [0.2, 0.25) is 0 Å². The minimum atomic E-state index is -3.24. The van der Waals surface area contributed by atoms with E-state index in [9.17, 15) is 12.8 Å². The van der Waals surface area contributed by atoms with E-state index < -0.39 is 9.84 Å². The zero-order valence-corrected chi connectivity index (χ0v) is 18.6. The van der Waals surface area contributed by atoms with Gasteiger partial charge in [0.15, 0.2) is 9.84 Å². The Bertz CT molecular complexity index is 1200. The van der Waals surface area contributed by atoms with Gasteiger partial charge >= 0.3 is 0 Å². The molecule has 32 heavy (non-hydrogen) atoms. The molecule has 7 nitrogen and oxygen atoms in total. The number of nitrogens with zero attached hydrogens (tertiary/aromatic N) is 3. The first kappa shape index (κ1) is 22.2. The van der Waals surface area contributed by atoms with E-state index in [-0.39, 0.29) is 10.7 Å². The third-order valence-corrected chi connectivity index (χ3v) is 6.52. The summed E-state index contributed by atoms with van der Waals surface area (Å²) in [7, 11) is -3.24. The van der Waals surface area contributed by atoms with E-state index in [4.69, 9.17) is 4.52 Å². The van der Waals surface area contributed by atoms with Crippen LogP contribution in [0.3, 0.4) is 0 Å². The molecule has 168 valence electrons. The summed E-state index contributed by atoms with van der Waals surface area (Å²) in [6.45, 7) is 3.51. The Balaban J connectivity index is 1.28. The lowest BCUT2D eigenvalue weighted by Gasteiger charge is -2.28. The van der Waals surface area contributed by atoms with E-state index in [2.05, 4.69) is 20.4 Å². The number of hydrogen-bond donors (Lipinski definition) is 1. The van der Waals surface area contributed by atoms with Crippen molar-refractivity contribution in [2.24, 2.45) is 0 Å². The summed E-state index contributed by atoms with van der Waals surface area (Å²) in [6, 6.07) is 12.9. The second-order valence-electron chi connectivity index (χ2n) is 7.83. The maximum atomic E-state index is 13.2. The maximum absolute atomic E-state index is 13.2. The van der Waals surface area contributed by atoms with Gasteiger partial charge in [0, 0.05) is 49.8 Å². The summed E-state index contributed by atoms with van der Waals surface area (Å²) in [4.78, 5) is 7.04. The molecule has 0 aliphatic carbocycles. The van der Waals surface area contributed by atoms with Crippen LogP contribution in [0.5, 0.6) is 0 Å². The van der Waals surface area contributed by atoms with Crippen molar-refractivity contribution < 1.29 is 17.3 Å². The Morgan fingerprint density at radius 2 is 1.91 bits per heavy atom. The van der Waals surface area contributed by atoms with Gasteiger partial charge in [0.2, 0.25) is 5.82 Å². The summed E-state index contributed by atoms with van der Waals surface area (Å²) in [6.07, 6.45) is 4.94. The molecule has 1 saturated heterocycles. The van der Waals surface area contributed by atoms with Gasteiger partial charge in [-0.25, -0.2) is 12.8 Å². The van der Waals surface area contributed by atoms with Gasteiger partial charge in [-0.2, -0.15) is 4.98 Å². The lowest BCUT2D eigenvalue weighted by molar-refractivity contribution is 0.266. The molecule has 1 aliphatic heterocycles. The maximum Gasteiger partial charge on any atom is 0.250 e. The first-order chi connectivity index (χ1) is 15.4. The van der Waals surface area contributed by atoms with Crippen molar-refractivity contribution in [1.29, 1.82) is 0 Å². The van der Waals surface area contributed by atoms with Crippen LogP contribution >= 0.6 is 0 Å². The monoisotopic (exact) mass is 456 g/mol. The normalized spacial score (nSPS) is 15.0. The summed E-state index contributed by atoms with van der Waals surface area (Å²) in [5.74, 6) is 0.638. The number of likely N-dealkylation sites (tertiary alicyclic amines) is 1. The number of aromatic nitrogens is 2.